The number of fused-ring (bicyclic) bond motifs is 1. The van der Waals surface area contributed by atoms with Crippen molar-refractivity contribution in [2.24, 2.45) is 0 Å². The maximum Gasteiger partial charge on any atom is 0.186 e. The molecule has 0 bridgehead atoms. The first-order valence-corrected chi connectivity index (χ1v) is 9.62. The van der Waals surface area contributed by atoms with Crippen molar-refractivity contribution in [3.8, 4) is 5.75 Å². The highest BCUT2D eigenvalue weighted by atomic mass is 16.8. The summed E-state index contributed by atoms with van der Waals surface area (Å²) in [4.78, 5) is 0. The van der Waals surface area contributed by atoms with Crippen LogP contribution in [0.1, 0.15) is 17.4 Å². The van der Waals surface area contributed by atoms with Gasteiger partial charge in [0, 0.05) is 12.7 Å². The van der Waals surface area contributed by atoms with Crippen LogP contribution in [0.25, 0.3) is 0 Å². The summed E-state index contributed by atoms with van der Waals surface area (Å²) in [5.41, 5.74) is 1.84. The molecule has 7 nitrogen and oxygen atoms in total. The molecule has 0 aromatic heterocycles. The van der Waals surface area contributed by atoms with Gasteiger partial charge < -0.3 is 33.5 Å². The number of hydrogen-bond acceptors (Lipinski definition) is 7. The van der Waals surface area contributed by atoms with Gasteiger partial charge in [0.1, 0.15) is 30.2 Å². The summed E-state index contributed by atoms with van der Waals surface area (Å²) in [6.07, 6.45) is -3.91. The van der Waals surface area contributed by atoms with Gasteiger partial charge in [0.15, 0.2) is 12.6 Å². The molecule has 0 amide bonds. The highest BCUT2D eigenvalue weighted by Gasteiger charge is 2.50. The van der Waals surface area contributed by atoms with Gasteiger partial charge >= 0.3 is 0 Å². The van der Waals surface area contributed by atoms with E-state index in [0.29, 0.717) is 13.2 Å². The third-order valence-corrected chi connectivity index (χ3v) is 5.21. The molecule has 2 fully saturated rings. The maximum atomic E-state index is 11.0. The van der Waals surface area contributed by atoms with E-state index in [-0.39, 0.29) is 0 Å². The quantitative estimate of drug-likeness (QED) is 0.795. The van der Waals surface area contributed by atoms with Gasteiger partial charge in [-0.25, -0.2) is 0 Å². The molecule has 6 atom stereocenters. The Morgan fingerprint density at radius 1 is 1.00 bits per heavy atom. The van der Waals surface area contributed by atoms with Crippen LogP contribution in [-0.4, -0.2) is 56.6 Å². The number of ether oxygens (including phenoxy) is 6. The summed E-state index contributed by atoms with van der Waals surface area (Å²) >= 11 is 0. The Balaban J connectivity index is 1.44. The molecule has 7 heteroatoms. The van der Waals surface area contributed by atoms with Crippen LogP contribution in [0.3, 0.4) is 0 Å². The fraction of sp³-hybridized carbons (Fsp3) is 0.455. The lowest BCUT2D eigenvalue weighted by Crippen LogP contribution is -2.62. The molecule has 1 N–H and O–H groups in total. The summed E-state index contributed by atoms with van der Waals surface area (Å²) in [5, 5.41) is 11.0. The normalized spacial score (nSPS) is 31.8. The van der Waals surface area contributed by atoms with E-state index in [2.05, 4.69) is 0 Å². The Morgan fingerprint density at radius 3 is 2.45 bits per heavy atom. The standard InChI is InChI=1S/C22H26O7/c1-24-16-10-8-14(9-11-16)12-26-20-18(23)19-17(28-22(20)25-2)13-27-21(29-19)15-6-4-3-5-7-15/h3-11,17-23H,12-13H2,1-2H3/t17-,18-,19-,20+,21-,22+/m1/s1. The second kappa shape index (κ2) is 9.21. The van der Waals surface area contributed by atoms with Gasteiger partial charge in [0.25, 0.3) is 0 Å². The molecule has 2 aromatic carbocycles. The van der Waals surface area contributed by atoms with E-state index in [0.717, 1.165) is 16.9 Å². The molecule has 0 spiro atoms. The Hall–Kier alpha value is -2.00. The average Bonchev–Trinajstić information content (AvgIpc) is 2.79. The molecule has 0 unspecified atom stereocenters. The van der Waals surface area contributed by atoms with Crippen molar-refractivity contribution in [3.63, 3.8) is 0 Å². The molecular weight excluding hydrogens is 376 g/mol. The molecule has 2 heterocycles. The third-order valence-electron chi connectivity index (χ3n) is 5.21. The fourth-order valence-corrected chi connectivity index (χ4v) is 3.63. The highest BCUT2D eigenvalue weighted by Crippen LogP contribution is 2.35. The zero-order valence-electron chi connectivity index (χ0n) is 16.5. The molecule has 2 aliphatic heterocycles. The van der Waals surface area contributed by atoms with E-state index in [1.54, 1.807) is 7.11 Å². The van der Waals surface area contributed by atoms with Crippen LogP contribution in [-0.2, 0) is 30.3 Å². The lowest BCUT2D eigenvalue weighted by molar-refractivity contribution is -0.363. The molecule has 2 aliphatic rings. The number of benzene rings is 2. The monoisotopic (exact) mass is 402 g/mol. The first kappa shape index (κ1) is 20.3. The Morgan fingerprint density at radius 2 is 1.76 bits per heavy atom. The Bertz CT molecular complexity index is 766. The fourth-order valence-electron chi connectivity index (χ4n) is 3.63. The predicted molar refractivity (Wildman–Crippen MR) is 103 cm³/mol. The molecular formula is C22H26O7. The average molecular weight is 402 g/mol. The van der Waals surface area contributed by atoms with Crippen molar-refractivity contribution < 1.29 is 33.5 Å². The van der Waals surface area contributed by atoms with Crippen LogP contribution in [0.2, 0.25) is 0 Å². The maximum absolute atomic E-state index is 11.0. The lowest BCUT2D eigenvalue weighted by atomic mass is 9.97. The molecule has 29 heavy (non-hydrogen) atoms. The minimum atomic E-state index is -0.924. The van der Waals surface area contributed by atoms with Crippen LogP contribution in [0.15, 0.2) is 54.6 Å². The molecule has 156 valence electrons. The minimum absolute atomic E-state index is 0.297. The first-order chi connectivity index (χ1) is 14.2. The smallest absolute Gasteiger partial charge is 0.186 e. The number of rotatable bonds is 6. The van der Waals surface area contributed by atoms with Crippen molar-refractivity contribution in [2.45, 2.75) is 43.6 Å². The zero-order chi connectivity index (χ0) is 20.2. The van der Waals surface area contributed by atoms with E-state index >= 15 is 0 Å². The van der Waals surface area contributed by atoms with Crippen LogP contribution >= 0.6 is 0 Å². The summed E-state index contributed by atoms with van der Waals surface area (Å²) in [5.74, 6) is 0.773. The van der Waals surface area contributed by atoms with Crippen molar-refractivity contribution in [1.29, 1.82) is 0 Å². The van der Waals surface area contributed by atoms with Gasteiger partial charge in [0.05, 0.1) is 20.3 Å². The van der Waals surface area contributed by atoms with Gasteiger partial charge in [-0.05, 0) is 17.7 Å². The van der Waals surface area contributed by atoms with Crippen LogP contribution in [0, 0.1) is 0 Å². The van der Waals surface area contributed by atoms with Gasteiger partial charge in [-0.1, -0.05) is 42.5 Å². The van der Waals surface area contributed by atoms with E-state index in [4.69, 9.17) is 28.4 Å². The van der Waals surface area contributed by atoms with Crippen molar-refractivity contribution in [3.05, 3.63) is 65.7 Å². The summed E-state index contributed by atoms with van der Waals surface area (Å²) in [6.45, 7) is 0.595. The van der Waals surface area contributed by atoms with Crippen LogP contribution in [0.4, 0.5) is 0 Å². The van der Waals surface area contributed by atoms with Crippen LogP contribution < -0.4 is 4.74 Å². The minimum Gasteiger partial charge on any atom is -0.497 e. The first-order valence-electron chi connectivity index (χ1n) is 9.62. The number of hydrogen-bond donors (Lipinski definition) is 1. The van der Waals surface area contributed by atoms with E-state index < -0.39 is 37.0 Å². The van der Waals surface area contributed by atoms with E-state index in [9.17, 15) is 5.11 Å². The second-order valence-corrected chi connectivity index (χ2v) is 7.07. The summed E-state index contributed by atoms with van der Waals surface area (Å²) in [7, 11) is 3.15. The molecule has 4 rings (SSSR count). The summed E-state index contributed by atoms with van der Waals surface area (Å²) < 4.78 is 34.4. The highest BCUT2D eigenvalue weighted by molar-refractivity contribution is 5.26. The largest absolute Gasteiger partial charge is 0.497 e. The second-order valence-electron chi connectivity index (χ2n) is 7.07. The van der Waals surface area contributed by atoms with E-state index in [1.807, 2.05) is 54.6 Å². The van der Waals surface area contributed by atoms with Crippen molar-refractivity contribution in [1.82, 2.24) is 0 Å². The van der Waals surface area contributed by atoms with Gasteiger partial charge in [-0.2, -0.15) is 0 Å². The van der Waals surface area contributed by atoms with Crippen LogP contribution in [0.5, 0.6) is 5.75 Å². The predicted octanol–water partition coefficient (Wildman–Crippen LogP) is 2.43. The zero-order valence-corrected chi connectivity index (χ0v) is 16.5. The lowest BCUT2D eigenvalue weighted by Gasteiger charge is -2.47. The molecule has 0 radical (unpaired) electrons. The topological polar surface area (TPSA) is 75.6 Å². The van der Waals surface area contributed by atoms with Gasteiger partial charge in [-0.15, -0.1) is 0 Å². The van der Waals surface area contributed by atoms with E-state index in [1.165, 1.54) is 7.11 Å². The molecule has 0 saturated carbocycles. The molecule has 0 aliphatic carbocycles. The Kier molecular flexibility index (Phi) is 6.44. The third kappa shape index (κ3) is 4.45. The Labute approximate surface area is 170 Å². The van der Waals surface area contributed by atoms with Gasteiger partial charge in [-0.3, -0.25) is 0 Å². The molecule has 2 aromatic rings. The van der Waals surface area contributed by atoms with Crippen molar-refractivity contribution in [2.75, 3.05) is 20.8 Å². The van der Waals surface area contributed by atoms with Crippen molar-refractivity contribution >= 4 is 0 Å². The number of methoxy groups -OCH3 is 2. The number of aliphatic hydroxyl groups excluding tert-OH is 1. The molecule has 2 saturated heterocycles. The van der Waals surface area contributed by atoms with Gasteiger partial charge in [0.2, 0.25) is 0 Å². The SMILES string of the molecule is COc1ccc(CO[C@@H]2[C@@H](OC)O[C@@H]3CO[C@@H](c4ccccc4)O[C@H]3[C@H]2O)cc1. The summed E-state index contributed by atoms with van der Waals surface area (Å²) in [6, 6.07) is 17.2. The number of aliphatic hydroxyl groups is 1.